The van der Waals surface area contributed by atoms with Crippen LogP contribution in [0.15, 0.2) is 12.1 Å². The lowest BCUT2D eigenvalue weighted by molar-refractivity contribution is 0.0594. The number of nitrogens with zero attached hydrogens (tertiary/aromatic N) is 2. The summed E-state index contributed by atoms with van der Waals surface area (Å²) in [4.78, 5) is 17.4. The molecule has 0 unspecified atom stereocenters. The summed E-state index contributed by atoms with van der Waals surface area (Å²) in [6, 6.07) is 3.09. The quantitative estimate of drug-likeness (QED) is 0.667. The van der Waals surface area contributed by atoms with Crippen LogP contribution in [0.2, 0.25) is 0 Å². The maximum absolute atomic E-state index is 11.5. The molecule has 1 heterocycles. The highest BCUT2D eigenvalue weighted by Crippen LogP contribution is 2.20. The van der Waals surface area contributed by atoms with Crippen LogP contribution in [0.25, 0.3) is 0 Å². The molecule has 0 saturated heterocycles. The Balaban J connectivity index is 3.02. The molecule has 0 atom stereocenters. The van der Waals surface area contributed by atoms with Gasteiger partial charge in [0.15, 0.2) is 11.5 Å². The average molecular weight is 269 g/mol. The fourth-order valence-corrected chi connectivity index (χ4v) is 1.58. The minimum atomic E-state index is -0.531. The molecule has 7 nitrogen and oxygen atoms in total. The van der Waals surface area contributed by atoms with E-state index in [1.165, 1.54) is 13.2 Å². The molecule has 0 bridgehead atoms. The summed E-state index contributed by atoms with van der Waals surface area (Å²) in [7, 11) is 2.87. The van der Waals surface area contributed by atoms with Gasteiger partial charge >= 0.3 is 5.97 Å². The molecule has 1 rings (SSSR count). The first-order valence-electron chi connectivity index (χ1n) is 5.83. The second-order valence-electron chi connectivity index (χ2n) is 3.80. The summed E-state index contributed by atoms with van der Waals surface area (Å²) in [6.07, 6.45) is 0. The molecule has 0 radical (unpaired) electrons. The maximum Gasteiger partial charge on any atom is 0.356 e. The molecule has 3 N–H and O–H groups in total. The van der Waals surface area contributed by atoms with Crippen LogP contribution in [0.5, 0.6) is 0 Å². The molecule has 0 spiro atoms. The zero-order valence-corrected chi connectivity index (χ0v) is 11.1. The number of ether oxygens (including phenoxy) is 2. The predicted molar refractivity (Wildman–Crippen MR) is 71.2 cm³/mol. The van der Waals surface area contributed by atoms with Gasteiger partial charge in [-0.2, -0.15) is 0 Å². The number of methoxy groups -OCH3 is 2. The summed E-state index contributed by atoms with van der Waals surface area (Å²) in [5, 5.41) is 9.07. The zero-order chi connectivity index (χ0) is 14.3. The van der Waals surface area contributed by atoms with Crippen molar-refractivity contribution in [3.63, 3.8) is 0 Å². The third kappa shape index (κ3) is 4.08. The Hall–Kier alpha value is -1.86. The lowest BCUT2D eigenvalue weighted by atomic mass is 10.3. The minimum absolute atomic E-state index is 0.0483. The average Bonchev–Trinajstić information content (AvgIpc) is 2.43. The van der Waals surface area contributed by atoms with E-state index in [1.54, 1.807) is 18.1 Å². The standard InChI is InChI=1S/C12H19N3O4/c1-18-8-6-15(5-7-16)11-9(13)3-4-10(14-11)12(17)19-2/h3-4,16H,5-8,13H2,1-2H3. The number of rotatable bonds is 7. The second kappa shape index (κ2) is 7.55. The molecule has 0 aliphatic heterocycles. The summed E-state index contributed by atoms with van der Waals surface area (Å²) in [5.74, 6) is -0.0917. The second-order valence-corrected chi connectivity index (χ2v) is 3.80. The van der Waals surface area contributed by atoms with Gasteiger partial charge in [0.25, 0.3) is 0 Å². The molecule has 1 aromatic rings. The van der Waals surface area contributed by atoms with E-state index in [0.717, 1.165) is 0 Å². The fourth-order valence-electron chi connectivity index (χ4n) is 1.58. The van der Waals surface area contributed by atoms with Crippen LogP contribution in [0.1, 0.15) is 10.5 Å². The van der Waals surface area contributed by atoms with Crippen molar-refractivity contribution in [2.45, 2.75) is 0 Å². The van der Waals surface area contributed by atoms with Gasteiger partial charge in [-0.15, -0.1) is 0 Å². The number of nitrogens with two attached hydrogens (primary N) is 1. The van der Waals surface area contributed by atoms with Gasteiger partial charge in [0.05, 0.1) is 26.0 Å². The van der Waals surface area contributed by atoms with Gasteiger partial charge in [-0.25, -0.2) is 9.78 Å². The molecule has 0 aliphatic rings. The summed E-state index contributed by atoms with van der Waals surface area (Å²) in [6.45, 7) is 1.28. The summed E-state index contributed by atoms with van der Waals surface area (Å²) in [5.41, 5.74) is 6.46. The van der Waals surface area contributed by atoms with E-state index in [1.807, 2.05) is 0 Å². The van der Waals surface area contributed by atoms with Crippen LogP contribution in [-0.4, -0.2) is 56.6 Å². The molecular formula is C12H19N3O4. The predicted octanol–water partition coefficient (Wildman–Crippen LogP) is -0.104. The van der Waals surface area contributed by atoms with Gasteiger partial charge < -0.3 is 25.2 Å². The van der Waals surface area contributed by atoms with E-state index in [0.29, 0.717) is 31.2 Å². The van der Waals surface area contributed by atoms with Crippen LogP contribution in [0.4, 0.5) is 11.5 Å². The molecule has 0 saturated carbocycles. The normalized spacial score (nSPS) is 10.3. The van der Waals surface area contributed by atoms with E-state index in [4.69, 9.17) is 15.6 Å². The van der Waals surface area contributed by atoms with E-state index in [9.17, 15) is 4.79 Å². The summed E-state index contributed by atoms with van der Waals surface area (Å²) >= 11 is 0. The van der Waals surface area contributed by atoms with E-state index < -0.39 is 5.97 Å². The number of carbonyl (C=O) groups is 1. The van der Waals surface area contributed by atoms with Gasteiger partial charge in [-0.05, 0) is 12.1 Å². The Bertz CT molecular complexity index is 425. The number of anilines is 2. The third-order valence-corrected chi connectivity index (χ3v) is 2.53. The van der Waals surface area contributed by atoms with Crippen molar-refractivity contribution in [3.8, 4) is 0 Å². The Morgan fingerprint density at radius 1 is 1.42 bits per heavy atom. The Labute approximate surface area is 111 Å². The highest BCUT2D eigenvalue weighted by molar-refractivity contribution is 5.88. The van der Waals surface area contributed by atoms with E-state index in [2.05, 4.69) is 9.72 Å². The number of carbonyl (C=O) groups excluding carboxylic acids is 1. The van der Waals surface area contributed by atoms with Gasteiger partial charge in [0.1, 0.15) is 0 Å². The highest BCUT2D eigenvalue weighted by Gasteiger charge is 2.15. The van der Waals surface area contributed by atoms with Gasteiger partial charge in [0.2, 0.25) is 0 Å². The first kappa shape index (κ1) is 15.2. The van der Waals surface area contributed by atoms with Crippen LogP contribution in [0, 0.1) is 0 Å². The van der Waals surface area contributed by atoms with Crippen LogP contribution in [-0.2, 0) is 9.47 Å². The number of hydrogen-bond donors (Lipinski definition) is 2. The van der Waals surface area contributed by atoms with Gasteiger partial charge in [-0.3, -0.25) is 0 Å². The molecule has 1 aromatic heterocycles. The first-order chi connectivity index (χ1) is 9.13. The molecule has 106 valence electrons. The third-order valence-electron chi connectivity index (χ3n) is 2.53. The highest BCUT2D eigenvalue weighted by atomic mass is 16.5. The Morgan fingerprint density at radius 2 is 2.16 bits per heavy atom. The number of hydrogen-bond acceptors (Lipinski definition) is 7. The summed E-state index contributed by atoms with van der Waals surface area (Å²) < 4.78 is 9.61. The van der Waals surface area contributed by atoms with Crippen molar-refractivity contribution in [1.29, 1.82) is 0 Å². The minimum Gasteiger partial charge on any atom is -0.464 e. The van der Waals surface area contributed by atoms with Crippen molar-refractivity contribution in [2.75, 3.05) is 51.2 Å². The number of nitrogen functional groups attached to an aromatic ring is 1. The van der Waals surface area contributed by atoms with Crippen LogP contribution in [0.3, 0.4) is 0 Å². The SMILES string of the molecule is COCCN(CCO)c1nc(C(=O)OC)ccc1N. The maximum atomic E-state index is 11.5. The van der Waals surface area contributed by atoms with E-state index >= 15 is 0 Å². The number of pyridine rings is 1. The topological polar surface area (TPSA) is 97.9 Å². The number of aliphatic hydroxyl groups is 1. The van der Waals surface area contributed by atoms with Crippen LogP contribution >= 0.6 is 0 Å². The van der Waals surface area contributed by atoms with Crippen LogP contribution < -0.4 is 10.6 Å². The zero-order valence-electron chi connectivity index (χ0n) is 11.1. The number of aromatic nitrogens is 1. The number of aliphatic hydroxyl groups excluding tert-OH is 1. The smallest absolute Gasteiger partial charge is 0.356 e. The van der Waals surface area contributed by atoms with Crippen molar-refractivity contribution >= 4 is 17.5 Å². The largest absolute Gasteiger partial charge is 0.464 e. The van der Waals surface area contributed by atoms with Crippen molar-refractivity contribution in [1.82, 2.24) is 4.98 Å². The lowest BCUT2D eigenvalue weighted by Gasteiger charge is -2.24. The van der Waals surface area contributed by atoms with Gasteiger partial charge in [-0.1, -0.05) is 0 Å². The molecular weight excluding hydrogens is 250 g/mol. The molecule has 7 heteroatoms. The molecule has 0 fully saturated rings. The van der Waals surface area contributed by atoms with E-state index in [-0.39, 0.29) is 12.3 Å². The molecule has 0 aliphatic carbocycles. The fraction of sp³-hybridized carbons (Fsp3) is 0.500. The first-order valence-corrected chi connectivity index (χ1v) is 5.83. The molecule has 19 heavy (non-hydrogen) atoms. The van der Waals surface area contributed by atoms with Crippen molar-refractivity contribution < 1.29 is 19.4 Å². The number of esters is 1. The van der Waals surface area contributed by atoms with Crippen molar-refractivity contribution in [2.24, 2.45) is 0 Å². The Kier molecular flexibility index (Phi) is 6.04. The lowest BCUT2D eigenvalue weighted by Crippen LogP contribution is -2.32. The monoisotopic (exact) mass is 269 g/mol. The Morgan fingerprint density at radius 3 is 2.74 bits per heavy atom. The van der Waals surface area contributed by atoms with Crippen molar-refractivity contribution in [3.05, 3.63) is 17.8 Å². The molecule has 0 amide bonds. The molecule has 0 aromatic carbocycles. The van der Waals surface area contributed by atoms with Gasteiger partial charge in [0, 0.05) is 20.2 Å².